The van der Waals surface area contributed by atoms with Crippen LogP contribution in [-0.4, -0.2) is 27.5 Å². The van der Waals surface area contributed by atoms with Gasteiger partial charge in [-0.15, -0.1) is 0 Å². The van der Waals surface area contributed by atoms with Gasteiger partial charge in [0.25, 0.3) is 0 Å². The minimum absolute atomic E-state index is 0.219. The Kier molecular flexibility index (Phi) is 5.69. The van der Waals surface area contributed by atoms with Crippen LogP contribution in [0.3, 0.4) is 0 Å². The molecule has 0 spiro atoms. The van der Waals surface area contributed by atoms with Crippen LogP contribution in [0.1, 0.15) is 12.8 Å². The highest BCUT2D eigenvalue weighted by molar-refractivity contribution is 9.10. The molecule has 20 heavy (non-hydrogen) atoms. The summed E-state index contributed by atoms with van der Waals surface area (Å²) in [6.07, 6.45) is -5.97. The van der Waals surface area contributed by atoms with Crippen LogP contribution in [0.4, 0.5) is 18.9 Å². The summed E-state index contributed by atoms with van der Waals surface area (Å²) >= 11 is 3.15. The molecule has 0 fully saturated rings. The minimum atomic E-state index is -4.36. The van der Waals surface area contributed by atoms with Gasteiger partial charge in [-0.05, 0) is 34.5 Å². The van der Waals surface area contributed by atoms with Crippen LogP contribution >= 0.6 is 15.9 Å². The van der Waals surface area contributed by atoms with Crippen molar-refractivity contribution in [3.05, 3.63) is 22.7 Å². The highest BCUT2D eigenvalue weighted by Gasteiger charge is 2.27. The van der Waals surface area contributed by atoms with E-state index < -0.39 is 34.8 Å². The summed E-state index contributed by atoms with van der Waals surface area (Å²) < 4.78 is 67.0. The van der Waals surface area contributed by atoms with Crippen LogP contribution in [0, 0.1) is 0 Å². The second kappa shape index (κ2) is 6.66. The van der Waals surface area contributed by atoms with Crippen LogP contribution in [0.15, 0.2) is 22.7 Å². The molecule has 0 bridgehead atoms. The normalized spacial score (nSPS) is 12.2. The molecule has 1 rings (SSSR count). The molecule has 1 aromatic carbocycles. The monoisotopic (exact) mass is 375 g/mol. The largest absolute Gasteiger partial charge is 0.497 e. The van der Waals surface area contributed by atoms with Crippen LogP contribution in [-0.2, 0) is 10.0 Å². The van der Waals surface area contributed by atoms with Crippen LogP contribution in [0.2, 0.25) is 0 Å². The average molecular weight is 376 g/mol. The van der Waals surface area contributed by atoms with Crippen molar-refractivity contribution in [3.63, 3.8) is 0 Å². The SMILES string of the molecule is COc1ccc(Br)c(NS(=O)(=O)CCCC(F)(F)F)c1. The number of hydrogen-bond donors (Lipinski definition) is 1. The molecule has 0 aliphatic heterocycles. The molecule has 0 aliphatic carbocycles. The first-order chi connectivity index (χ1) is 9.13. The van der Waals surface area contributed by atoms with Gasteiger partial charge in [0.1, 0.15) is 5.75 Å². The Morgan fingerprint density at radius 3 is 2.55 bits per heavy atom. The fourth-order valence-electron chi connectivity index (χ4n) is 1.39. The van der Waals surface area contributed by atoms with E-state index in [-0.39, 0.29) is 5.69 Å². The van der Waals surface area contributed by atoms with Crippen LogP contribution < -0.4 is 9.46 Å². The number of anilines is 1. The summed E-state index contributed by atoms with van der Waals surface area (Å²) in [6, 6.07) is 4.63. The van der Waals surface area contributed by atoms with Gasteiger partial charge in [0.2, 0.25) is 10.0 Å². The summed E-state index contributed by atoms with van der Waals surface area (Å²) in [5.74, 6) is -0.169. The predicted octanol–water partition coefficient (Wildman–Crippen LogP) is 3.54. The standard InChI is InChI=1S/C11H13BrF3NO3S/c1-19-8-3-4-9(12)10(7-8)16-20(17,18)6-2-5-11(13,14)15/h3-4,7,16H,2,5-6H2,1H3. The number of alkyl halides is 3. The Morgan fingerprint density at radius 2 is 2.00 bits per heavy atom. The minimum Gasteiger partial charge on any atom is -0.497 e. The van der Waals surface area contributed by atoms with E-state index in [9.17, 15) is 21.6 Å². The molecule has 0 radical (unpaired) electrons. The summed E-state index contributed by atoms with van der Waals surface area (Å²) in [4.78, 5) is 0. The first kappa shape index (κ1) is 17.1. The van der Waals surface area contributed by atoms with Gasteiger partial charge in [-0.3, -0.25) is 4.72 Å². The maximum Gasteiger partial charge on any atom is 0.389 e. The third-order valence-electron chi connectivity index (χ3n) is 2.31. The molecule has 114 valence electrons. The Morgan fingerprint density at radius 1 is 1.35 bits per heavy atom. The molecule has 0 heterocycles. The highest BCUT2D eigenvalue weighted by Crippen LogP contribution is 2.28. The number of halogens is 4. The second-order valence-corrected chi connectivity index (χ2v) is 6.68. The van der Waals surface area contributed by atoms with Crippen molar-refractivity contribution in [1.29, 1.82) is 0 Å². The van der Waals surface area contributed by atoms with Gasteiger partial charge < -0.3 is 4.74 Å². The van der Waals surface area contributed by atoms with Crippen LogP contribution in [0.5, 0.6) is 5.75 Å². The summed E-state index contributed by atoms with van der Waals surface area (Å²) in [6.45, 7) is 0. The van der Waals surface area contributed by atoms with E-state index in [0.29, 0.717) is 10.2 Å². The quantitative estimate of drug-likeness (QED) is 0.827. The van der Waals surface area contributed by atoms with Gasteiger partial charge in [-0.1, -0.05) is 0 Å². The fourth-order valence-corrected chi connectivity index (χ4v) is 3.00. The van der Waals surface area contributed by atoms with Gasteiger partial charge in [0.05, 0.1) is 18.6 Å². The molecule has 0 saturated carbocycles. The zero-order valence-corrected chi connectivity index (χ0v) is 12.9. The molecule has 4 nitrogen and oxygen atoms in total. The lowest BCUT2D eigenvalue weighted by molar-refractivity contribution is -0.134. The number of nitrogens with one attached hydrogen (secondary N) is 1. The van der Waals surface area contributed by atoms with E-state index in [1.165, 1.54) is 13.2 Å². The Bertz CT molecular complexity index is 561. The number of rotatable bonds is 6. The van der Waals surface area contributed by atoms with E-state index in [4.69, 9.17) is 4.74 Å². The summed E-state index contributed by atoms with van der Waals surface area (Å²) in [7, 11) is -2.42. The smallest absolute Gasteiger partial charge is 0.389 e. The van der Waals surface area contributed by atoms with Crippen molar-refractivity contribution in [2.75, 3.05) is 17.6 Å². The van der Waals surface area contributed by atoms with Crippen LogP contribution in [0.25, 0.3) is 0 Å². The molecule has 0 aliphatic rings. The first-order valence-electron chi connectivity index (χ1n) is 5.54. The van der Waals surface area contributed by atoms with Gasteiger partial charge >= 0.3 is 6.18 Å². The number of hydrogen-bond acceptors (Lipinski definition) is 3. The highest BCUT2D eigenvalue weighted by atomic mass is 79.9. The zero-order valence-electron chi connectivity index (χ0n) is 10.5. The lowest BCUT2D eigenvalue weighted by Crippen LogP contribution is -2.19. The van der Waals surface area contributed by atoms with Gasteiger partial charge in [0, 0.05) is 17.0 Å². The maximum atomic E-state index is 12.0. The lowest BCUT2D eigenvalue weighted by Gasteiger charge is -2.11. The zero-order chi connectivity index (χ0) is 15.4. The predicted molar refractivity (Wildman–Crippen MR) is 73.4 cm³/mol. The topological polar surface area (TPSA) is 55.4 Å². The molecule has 1 N–H and O–H groups in total. The number of ether oxygens (including phenoxy) is 1. The number of sulfonamides is 1. The van der Waals surface area contributed by atoms with Crippen molar-refractivity contribution in [3.8, 4) is 5.75 Å². The van der Waals surface area contributed by atoms with E-state index in [1.54, 1.807) is 12.1 Å². The fraction of sp³-hybridized carbons (Fsp3) is 0.455. The molecule has 1 aromatic rings. The van der Waals surface area contributed by atoms with E-state index in [2.05, 4.69) is 20.7 Å². The summed E-state index contributed by atoms with van der Waals surface area (Å²) in [5, 5.41) is 0. The molecule has 0 unspecified atom stereocenters. The van der Waals surface area contributed by atoms with Crippen molar-refractivity contribution >= 4 is 31.6 Å². The van der Waals surface area contributed by atoms with Gasteiger partial charge in [-0.25, -0.2) is 8.42 Å². The van der Waals surface area contributed by atoms with E-state index >= 15 is 0 Å². The molecule has 0 amide bonds. The Labute approximate surface area is 123 Å². The van der Waals surface area contributed by atoms with E-state index in [1.807, 2.05) is 0 Å². The molecule has 9 heteroatoms. The maximum absolute atomic E-state index is 12.0. The Balaban J connectivity index is 2.71. The molecular formula is C11H13BrF3NO3S. The average Bonchev–Trinajstić information content (AvgIpc) is 2.29. The van der Waals surface area contributed by atoms with Gasteiger partial charge in [0.15, 0.2) is 0 Å². The first-order valence-corrected chi connectivity index (χ1v) is 7.98. The number of benzene rings is 1. The van der Waals surface area contributed by atoms with Crippen molar-refractivity contribution in [1.82, 2.24) is 0 Å². The molecule has 0 atom stereocenters. The Hall–Kier alpha value is -0.960. The number of methoxy groups -OCH3 is 1. The van der Waals surface area contributed by atoms with Gasteiger partial charge in [-0.2, -0.15) is 13.2 Å². The molecule has 0 aromatic heterocycles. The van der Waals surface area contributed by atoms with Crippen molar-refractivity contribution in [2.45, 2.75) is 19.0 Å². The van der Waals surface area contributed by atoms with E-state index in [0.717, 1.165) is 0 Å². The molecular weight excluding hydrogens is 363 g/mol. The third kappa shape index (κ3) is 6.00. The van der Waals surface area contributed by atoms with Crippen molar-refractivity contribution in [2.24, 2.45) is 0 Å². The van der Waals surface area contributed by atoms with Crippen molar-refractivity contribution < 1.29 is 26.3 Å². The summed E-state index contributed by atoms with van der Waals surface area (Å²) in [5.41, 5.74) is 0.219. The second-order valence-electron chi connectivity index (χ2n) is 3.99. The third-order valence-corrected chi connectivity index (χ3v) is 4.36. The molecule has 0 saturated heterocycles. The lowest BCUT2D eigenvalue weighted by atomic mass is 10.3.